The highest BCUT2D eigenvalue weighted by atomic mass is 79.9. The van der Waals surface area contributed by atoms with Crippen LogP contribution in [-0.4, -0.2) is 21.0 Å². The molecule has 4 aromatic rings. The van der Waals surface area contributed by atoms with Crippen molar-refractivity contribution in [3.8, 4) is 17.2 Å². The second-order valence-electron chi connectivity index (χ2n) is 5.59. The van der Waals surface area contributed by atoms with Gasteiger partial charge in [-0.25, -0.2) is 9.67 Å². The van der Waals surface area contributed by atoms with Gasteiger partial charge in [0.25, 0.3) is 0 Å². The first-order valence-corrected chi connectivity index (χ1v) is 10.5. The van der Waals surface area contributed by atoms with Crippen LogP contribution in [0.25, 0.3) is 11.5 Å². The lowest BCUT2D eigenvalue weighted by Gasteiger charge is -2.04. The fourth-order valence-corrected chi connectivity index (χ4v) is 4.51. The summed E-state index contributed by atoms with van der Waals surface area (Å²) in [5.74, 6) is 0.772. The van der Waals surface area contributed by atoms with E-state index in [1.807, 2.05) is 29.6 Å². The number of thiazole rings is 1. The summed E-state index contributed by atoms with van der Waals surface area (Å²) in [5, 5.41) is 16.8. The number of nitrogens with zero attached hydrogens (tertiary/aromatic N) is 4. The van der Waals surface area contributed by atoms with Crippen molar-refractivity contribution in [1.82, 2.24) is 9.66 Å². The highest BCUT2D eigenvalue weighted by Gasteiger charge is 2.11. The van der Waals surface area contributed by atoms with Gasteiger partial charge in [0.05, 0.1) is 28.8 Å². The minimum Gasteiger partial charge on any atom is -0.506 e. The van der Waals surface area contributed by atoms with E-state index in [9.17, 15) is 5.11 Å². The Hall–Kier alpha value is -2.49. The van der Waals surface area contributed by atoms with Crippen molar-refractivity contribution >= 4 is 55.1 Å². The van der Waals surface area contributed by atoms with Crippen LogP contribution in [0.2, 0.25) is 0 Å². The molecule has 9 heteroatoms. The van der Waals surface area contributed by atoms with Crippen molar-refractivity contribution in [2.45, 2.75) is 0 Å². The van der Waals surface area contributed by atoms with E-state index < -0.39 is 0 Å². The quantitative estimate of drug-likeness (QED) is 0.359. The Labute approximate surface area is 180 Å². The van der Waals surface area contributed by atoms with Crippen LogP contribution in [0.1, 0.15) is 5.56 Å². The molecule has 0 saturated carbocycles. The second-order valence-corrected chi connectivity index (χ2v) is 8.19. The number of hydrogen-bond acceptors (Lipinski definition) is 6. The van der Waals surface area contributed by atoms with Gasteiger partial charge >= 0.3 is 0 Å². The zero-order valence-corrected chi connectivity index (χ0v) is 18.1. The van der Waals surface area contributed by atoms with Crippen molar-refractivity contribution in [3.63, 3.8) is 0 Å². The van der Waals surface area contributed by atoms with Crippen molar-refractivity contribution in [2.24, 2.45) is 10.1 Å². The maximum atomic E-state index is 10.3. The lowest BCUT2D eigenvalue weighted by molar-refractivity contribution is 0.471. The Kier molecular flexibility index (Phi) is 5.56. The lowest BCUT2D eigenvalue weighted by Crippen LogP contribution is -2.11. The summed E-state index contributed by atoms with van der Waals surface area (Å²) in [7, 11) is 0. The standard InChI is InChI=1S/C19H12Br2N4O2S/c20-13-7-12(18(26)15(21)8-13)9-23-25-16(17-4-2-6-27-17)11-28-19(25)24-14-3-1-5-22-10-14/h1-11,26H. The number of benzene rings is 1. The average Bonchev–Trinajstić information content (AvgIpc) is 3.34. The topological polar surface area (TPSA) is 75.9 Å². The molecule has 0 atom stereocenters. The van der Waals surface area contributed by atoms with E-state index in [0.717, 1.165) is 10.2 Å². The molecule has 1 aromatic carbocycles. The van der Waals surface area contributed by atoms with E-state index in [2.05, 4.69) is 46.9 Å². The highest BCUT2D eigenvalue weighted by Crippen LogP contribution is 2.30. The molecule has 140 valence electrons. The predicted molar refractivity (Wildman–Crippen MR) is 116 cm³/mol. The Morgan fingerprint density at radius 1 is 1.21 bits per heavy atom. The zero-order chi connectivity index (χ0) is 19.5. The second kappa shape index (κ2) is 8.26. The summed E-state index contributed by atoms with van der Waals surface area (Å²) < 4.78 is 8.60. The summed E-state index contributed by atoms with van der Waals surface area (Å²) in [4.78, 5) is 9.36. The average molecular weight is 520 g/mol. The third-order valence-electron chi connectivity index (χ3n) is 3.70. The third kappa shape index (κ3) is 4.01. The molecule has 0 aliphatic rings. The molecule has 4 rings (SSSR count). The number of halogens is 2. The number of phenolic OH excluding ortho intramolecular Hbond substituents is 1. The molecule has 0 aliphatic heterocycles. The fourth-order valence-electron chi connectivity index (χ4n) is 2.42. The monoisotopic (exact) mass is 518 g/mol. The molecule has 0 unspecified atom stereocenters. The van der Waals surface area contributed by atoms with E-state index in [1.54, 1.807) is 41.7 Å². The summed E-state index contributed by atoms with van der Waals surface area (Å²) >= 11 is 8.18. The van der Waals surface area contributed by atoms with Crippen LogP contribution in [0, 0.1) is 0 Å². The lowest BCUT2D eigenvalue weighted by atomic mass is 10.2. The van der Waals surface area contributed by atoms with Gasteiger partial charge in [0.1, 0.15) is 11.4 Å². The number of hydrogen-bond donors (Lipinski definition) is 1. The van der Waals surface area contributed by atoms with Gasteiger partial charge < -0.3 is 9.52 Å². The number of phenols is 1. The number of pyridine rings is 1. The molecule has 28 heavy (non-hydrogen) atoms. The first-order chi connectivity index (χ1) is 13.6. The Bertz CT molecular complexity index is 1200. The summed E-state index contributed by atoms with van der Waals surface area (Å²) in [5.41, 5.74) is 2.02. The van der Waals surface area contributed by atoms with E-state index in [0.29, 0.717) is 26.3 Å². The SMILES string of the molecule is Oc1c(Br)cc(Br)cc1C=Nn1c(-c2ccco2)csc1=Nc1cccnc1. The third-order valence-corrected chi connectivity index (χ3v) is 5.58. The largest absolute Gasteiger partial charge is 0.506 e. The Balaban J connectivity index is 1.85. The number of furan rings is 1. The van der Waals surface area contributed by atoms with Gasteiger partial charge in [-0.05, 0) is 52.3 Å². The molecular weight excluding hydrogens is 508 g/mol. The van der Waals surface area contributed by atoms with Crippen LogP contribution in [-0.2, 0) is 0 Å². The van der Waals surface area contributed by atoms with E-state index in [-0.39, 0.29) is 5.75 Å². The van der Waals surface area contributed by atoms with Crippen LogP contribution in [0.5, 0.6) is 5.75 Å². The van der Waals surface area contributed by atoms with E-state index >= 15 is 0 Å². The summed E-state index contributed by atoms with van der Waals surface area (Å²) in [6.45, 7) is 0. The molecule has 1 N–H and O–H groups in total. The predicted octanol–water partition coefficient (Wildman–Crippen LogP) is 5.55. The van der Waals surface area contributed by atoms with Crippen LogP contribution in [0.15, 0.2) is 83.9 Å². The van der Waals surface area contributed by atoms with Gasteiger partial charge in [0.2, 0.25) is 4.80 Å². The van der Waals surface area contributed by atoms with Gasteiger partial charge in [0.15, 0.2) is 5.76 Å². The first kappa shape index (κ1) is 18.9. The molecular formula is C19H12Br2N4O2S. The molecule has 0 bridgehead atoms. The number of rotatable bonds is 4. The molecule has 0 spiro atoms. The fraction of sp³-hybridized carbons (Fsp3) is 0. The number of aromatic hydroxyl groups is 1. The molecule has 0 radical (unpaired) electrons. The smallest absolute Gasteiger partial charge is 0.211 e. The van der Waals surface area contributed by atoms with Crippen LogP contribution < -0.4 is 4.80 Å². The van der Waals surface area contributed by atoms with Crippen LogP contribution in [0.3, 0.4) is 0 Å². The maximum Gasteiger partial charge on any atom is 0.211 e. The molecule has 3 aromatic heterocycles. The Morgan fingerprint density at radius 3 is 2.86 bits per heavy atom. The van der Waals surface area contributed by atoms with Crippen LogP contribution >= 0.6 is 43.2 Å². The summed E-state index contributed by atoms with van der Waals surface area (Å²) in [6.07, 6.45) is 6.56. The molecule has 3 heterocycles. The van der Waals surface area contributed by atoms with Gasteiger partial charge in [-0.3, -0.25) is 4.98 Å². The molecule has 0 aliphatic carbocycles. The van der Waals surface area contributed by atoms with Gasteiger partial charge in [-0.15, -0.1) is 11.3 Å². The molecule has 6 nitrogen and oxygen atoms in total. The molecule has 0 fully saturated rings. The van der Waals surface area contributed by atoms with Crippen LogP contribution in [0.4, 0.5) is 5.69 Å². The Morgan fingerprint density at radius 2 is 2.11 bits per heavy atom. The first-order valence-electron chi connectivity index (χ1n) is 8.03. The van der Waals surface area contributed by atoms with E-state index in [1.165, 1.54) is 11.3 Å². The minimum absolute atomic E-state index is 0.105. The van der Waals surface area contributed by atoms with E-state index in [4.69, 9.17) is 4.42 Å². The van der Waals surface area contributed by atoms with Crippen molar-refractivity contribution in [1.29, 1.82) is 0 Å². The van der Waals surface area contributed by atoms with Gasteiger partial charge in [0, 0.05) is 21.6 Å². The normalized spacial score (nSPS) is 12.1. The highest BCUT2D eigenvalue weighted by molar-refractivity contribution is 9.11. The minimum atomic E-state index is 0.105. The van der Waals surface area contributed by atoms with Gasteiger partial charge in [-0.2, -0.15) is 5.10 Å². The van der Waals surface area contributed by atoms with Crippen molar-refractivity contribution in [2.75, 3.05) is 0 Å². The van der Waals surface area contributed by atoms with Crippen molar-refractivity contribution in [3.05, 3.63) is 79.7 Å². The maximum absolute atomic E-state index is 10.3. The molecule has 0 amide bonds. The van der Waals surface area contributed by atoms with Gasteiger partial charge in [-0.1, -0.05) is 15.9 Å². The zero-order valence-electron chi connectivity index (χ0n) is 14.2. The molecule has 0 saturated heterocycles. The summed E-state index contributed by atoms with van der Waals surface area (Å²) in [6, 6.07) is 10.9. The number of aromatic nitrogens is 2. The van der Waals surface area contributed by atoms with Crippen molar-refractivity contribution < 1.29 is 9.52 Å².